The lowest BCUT2D eigenvalue weighted by molar-refractivity contribution is -0.00549. The van der Waals surface area contributed by atoms with E-state index in [0.29, 0.717) is 23.8 Å². The van der Waals surface area contributed by atoms with Crippen molar-refractivity contribution in [2.24, 2.45) is 5.73 Å². The highest BCUT2D eigenvalue weighted by Gasteiger charge is 2.26. The summed E-state index contributed by atoms with van der Waals surface area (Å²) in [6.07, 6.45) is 6.33. The van der Waals surface area contributed by atoms with Gasteiger partial charge in [0.15, 0.2) is 5.82 Å². The summed E-state index contributed by atoms with van der Waals surface area (Å²) in [4.78, 5) is 4.41. The minimum absolute atomic E-state index is 0.269. The van der Waals surface area contributed by atoms with Gasteiger partial charge in [-0.3, -0.25) is 0 Å². The second-order valence-electron chi connectivity index (χ2n) is 4.99. The third kappa shape index (κ3) is 2.70. The summed E-state index contributed by atoms with van der Waals surface area (Å²) in [6.45, 7) is 0.488. The molecule has 0 radical (unpaired) electrons. The molecule has 0 bridgehead atoms. The van der Waals surface area contributed by atoms with Gasteiger partial charge in [-0.15, -0.1) is 11.8 Å². The molecule has 2 heterocycles. The first-order valence-electron chi connectivity index (χ1n) is 6.65. The smallest absolute Gasteiger partial charge is 0.239 e. The zero-order valence-electron chi connectivity index (χ0n) is 10.4. The highest BCUT2D eigenvalue weighted by atomic mass is 32.2. The summed E-state index contributed by atoms with van der Waals surface area (Å²) >= 11 is 1.88. The molecule has 1 saturated heterocycles. The third-order valence-electron chi connectivity index (χ3n) is 3.56. The van der Waals surface area contributed by atoms with Gasteiger partial charge in [-0.1, -0.05) is 5.16 Å². The van der Waals surface area contributed by atoms with E-state index in [0.717, 1.165) is 25.2 Å². The maximum Gasteiger partial charge on any atom is 0.239 e. The molecule has 2 unspecified atom stereocenters. The highest BCUT2D eigenvalue weighted by molar-refractivity contribution is 7.99. The summed E-state index contributed by atoms with van der Waals surface area (Å²) in [7, 11) is 0. The molecule has 1 aromatic heterocycles. The average Bonchev–Trinajstić information content (AvgIpc) is 2.97. The Morgan fingerprint density at radius 1 is 1.39 bits per heavy atom. The van der Waals surface area contributed by atoms with Crippen molar-refractivity contribution < 1.29 is 9.26 Å². The van der Waals surface area contributed by atoms with Gasteiger partial charge in [0.2, 0.25) is 5.89 Å². The monoisotopic (exact) mass is 269 g/mol. The van der Waals surface area contributed by atoms with E-state index >= 15 is 0 Å². The number of ether oxygens (including phenoxy) is 1. The number of hydrogen-bond acceptors (Lipinski definition) is 6. The molecule has 100 valence electrons. The Balaban J connectivity index is 1.54. The molecule has 6 heteroatoms. The van der Waals surface area contributed by atoms with Crippen LogP contribution in [0.15, 0.2) is 4.52 Å². The first-order valence-corrected chi connectivity index (χ1v) is 7.70. The second kappa shape index (κ2) is 5.59. The molecular formula is C12H19N3O2S. The Morgan fingerprint density at radius 2 is 2.28 bits per heavy atom. The molecule has 2 atom stereocenters. The number of thioether (sulfide) groups is 1. The maximum atomic E-state index is 6.02. The van der Waals surface area contributed by atoms with Gasteiger partial charge in [-0.05, 0) is 37.9 Å². The van der Waals surface area contributed by atoms with Gasteiger partial charge in [-0.25, -0.2) is 0 Å². The van der Waals surface area contributed by atoms with Gasteiger partial charge in [-0.2, -0.15) is 4.98 Å². The number of hydrogen-bond donors (Lipinski definition) is 1. The van der Waals surface area contributed by atoms with E-state index in [9.17, 15) is 0 Å². The standard InChI is InChI=1S/C12H19N3O2S/c13-9(7-16-8-3-1-4-8)11-14-12(17-15-11)10-5-2-6-18-10/h8-10H,1-7,13H2. The first kappa shape index (κ1) is 12.4. The van der Waals surface area contributed by atoms with Gasteiger partial charge < -0.3 is 15.0 Å². The van der Waals surface area contributed by atoms with Crippen molar-refractivity contribution in [3.05, 3.63) is 11.7 Å². The molecule has 0 spiro atoms. The fourth-order valence-electron chi connectivity index (χ4n) is 2.15. The lowest BCUT2D eigenvalue weighted by atomic mass is 9.96. The quantitative estimate of drug-likeness (QED) is 0.883. The Bertz CT molecular complexity index is 388. The average molecular weight is 269 g/mol. The maximum absolute atomic E-state index is 6.02. The van der Waals surface area contributed by atoms with Crippen LogP contribution in [0.4, 0.5) is 0 Å². The molecule has 1 saturated carbocycles. The Hall–Kier alpha value is -0.590. The van der Waals surface area contributed by atoms with Crippen molar-refractivity contribution in [2.45, 2.75) is 49.5 Å². The molecule has 2 fully saturated rings. The molecular weight excluding hydrogens is 250 g/mol. The van der Waals surface area contributed by atoms with Crippen LogP contribution in [0, 0.1) is 0 Å². The van der Waals surface area contributed by atoms with Crippen LogP contribution < -0.4 is 5.73 Å². The van der Waals surface area contributed by atoms with Crippen molar-refractivity contribution in [1.29, 1.82) is 0 Å². The van der Waals surface area contributed by atoms with Gasteiger partial charge in [0.05, 0.1) is 24.0 Å². The highest BCUT2D eigenvalue weighted by Crippen LogP contribution is 2.39. The number of nitrogens with two attached hydrogens (primary N) is 1. The fraction of sp³-hybridized carbons (Fsp3) is 0.833. The van der Waals surface area contributed by atoms with Crippen LogP contribution in [0.2, 0.25) is 0 Å². The minimum atomic E-state index is -0.269. The number of rotatable bonds is 5. The van der Waals surface area contributed by atoms with Crippen molar-refractivity contribution in [3.8, 4) is 0 Å². The summed E-state index contributed by atoms with van der Waals surface area (Å²) in [5.41, 5.74) is 6.02. The van der Waals surface area contributed by atoms with Crippen LogP contribution in [0.5, 0.6) is 0 Å². The van der Waals surface area contributed by atoms with Crippen LogP contribution >= 0.6 is 11.8 Å². The lowest BCUT2D eigenvalue weighted by Gasteiger charge is -2.26. The molecule has 1 aliphatic heterocycles. The molecule has 3 rings (SSSR count). The normalized spacial score (nSPS) is 26.2. The largest absolute Gasteiger partial charge is 0.376 e. The van der Waals surface area contributed by atoms with Crippen LogP contribution in [-0.2, 0) is 4.74 Å². The third-order valence-corrected chi connectivity index (χ3v) is 4.92. The zero-order chi connectivity index (χ0) is 12.4. The van der Waals surface area contributed by atoms with Gasteiger partial charge >= 0.3 is 0 Å². The summed E-state index contributed by atoms with van der Waals surface area (Å²) in [5.74, 6) is 2.49. The van der Waals surface area contributed by atoms with Crippen LogP contribution in [0.1, 0.15) is 55.1 Å². The molecule has 1 aromatic rings. The summed E-state index contributed by atoms with van der Waals surface area (Å²) < 4.78 is 11.0. The van der Waals surface area contributed by atoms with Crippen molar-refractivity contribution >= 4 is 11.8 Å². The van der Waals surface area contributed by atoms with Crippen LogP contribution in [0.25, 0.3) is 0 Å². The van der Waals surface area contributed by atoms with E-state index in [-0.39, 0.29) is 6.04 Å². The number of aromatic nitrogens is 2. The predicted octanol–water partition coefficient (Wildman–Crippen LogP) is 2.21. The van der Waals surface area contributed by atoms with E-state index in [1.807, 2.05) is 11.8 Å². The molecule has 1 aliphatic carbocycles. The summed E-state index contributed by atoms with van der Waals surface area (Å²) in [6, 6.07) is -0.269. The van der Waals surface area contributed by atoms with Crippen molar-refractivity contribution in [3.63, 3.8) is 0 Å². The zero-order valence-corrected chi connectivity index (χ0v) is 11.2. The van der Waals surface area contributed by atoms with E-state index in [2.05, 4.69) is 10.1 Å². The molecule has 0 amide bonds. The Morgan fingerprint density at radius 3 is 2.94 bits per heavy atom. The van der Waals surface area contributed by atoms with E-state index in [4.69, 9.17) is 15.0 Å². The van der Waals surface area contributed by atoms with E-state index < -0.39 is 0 Å². The second-order valence-corrected chi connectivity index (χ2v) is 6.30. The molecule has 18 heavy (non-hydrogen) atoms. The van der Waals surface area contributed by atoms with Crippen LogP contribution in [-0.4, -0.2) is 28.6 Å². The minimum Gasteiger partial charge on any atom is -0.376 e. The Kier molecular flexibility index (Phi) is 3.86. The first-order chi connectivity index (χ1) is 8.83. The SMILES string of the molecule is NC(COC1CCC1)c1noc(C2CCCS2)n1. The van der Waals surface area contributed by atoms with Gasteiger partial charge in [0.1, 0.15) is 0 Å². The topological polar surface area (TPSA) is 74.2 Å². The van der Waals surface area contributed by atoms with Crippen molar-refractivity contribution in [1.82, 2.24) is 10.1 Å². The predicted molar refractivity (Wildman–Crippen MR) is 69.3 cm³/mol. The molecule has 0 aromatic carbocycles. The van der Waals surface area contributed by atoms with Crippen molar-refractivity contribution in [2.75, 3.05) is 12.4 Å². The number of nitrogens with zero attached hydrogens (tertiary/aromatic N) is 2. The van der Waals surface area contributed by atoms with E-state index in [1.54, 1.807) is 0 Å². The lowest BCUT2D eigenvalue weighted by Crippen LogP contribution is -2.27. The summed E-state index contributed by atoms with van der Waals surface area (Å²) in [5, 5.41) is 4.34. The van der Waals surface area contributed by atoms with E-state index in [1.165, 1.54) is 18.6 Å². The van der Waals surface area contributed by atoms with Gasteiger partial charge in [0.25, 0.3) is 0 Å². The van der Waals surface area contributed by atoms with Gasteiger partial charge in [0, 0.05) is 0 Å². The molecule has 2 N–H and O–H groups in total. The van der Waals surface area contributed by atoms with Crippen LogP contribution in [0.3, 0.4) is 0 Å². The Labute approximate surface area is 111 Å². The fourth-order valence-corrected chi connectivity index (χ4v) is 3.34. The molecule has 2 aliphatic rings. The molecule has 5 nitrogen and oxygen atoms in total.